The molecule has 2 aromatic rings. The Morgan fingerprint density at radius 1 is 1.22 bits per heavy atom. The number of benzene rings is 2. The molecule has 1 amide bonds. The van der Waals surface area contributed by atoms with Crippen LogP contribution in [0.3, 0.4) is 0 Å². The lowest BCUT2D eigenvalue weighted by atomic mass is 9.89. The van der Waals surface area contributed by atoms with E-state index in [-0.39, 0.29) is 13.0 Å². The van der Waals surface area contributed by atoms with Crippen LogP contribution in [0.25, 0.3) is 16.8 Å². The molecule has 0 aromatic heterocycles. The van der Waals surface area contributed by atoms with Crippen molar-refractivity contribution < 1.29 is 24.2 Å². The predicted molar refractivity (Wildman–Crippen MR) is 126 cm³/mol. The molecular weight excluding hydrogens is 408 g/mol. The summed E-state index contributed by atoms with van der Waals surface area (Å²) < 4.78 is 10.4. The molecule has 2 unspecified atom stereocenters. The number of anilines is 1. The van der Waals surface area contributed by atoms with Gasteiger partial charge < -0.3 is 19.5 Å². The van der Waals surface area contributed by atoms with Gasteiger partial charge >= 0.3 is 12.1 Å². The van der Waals surface area contributed by atoms with Crippen LogP contribution in [0.5, 0.6) is 0 Å². The Balaban J connectivity index is 2.01. The minimum Gasteiger partial charge on any atom is -0.467 e. The van der Waals surface area contributed by atoms with Crippen LogP contribution in [0.2, 0.25) is 0 Å². The molecule has 172 valence electrons. The molecule has 1 N–H and O–H groups in total. The summed E-state index contributed by atoms with van der Waals surface area (Å²) >= 11 is 0. The summed E-state index contributed by atoms with van der Waals surface area (Å²) in [5, 5.41) is 13.5. The highest BCUT2D eigenvalue weighted by atomic mass is 16.6. The van der Waals surface area contributed by atoms with E-state index >= 15 is 0 Å². The third-order valence-corrected chi connectivity index (χ3v) is 5.67. The monoisotopic (exact) mass is 440 g/mol. The van der Waals surface area contributed by atoms with Crippen LogP contribution in [0.15, 0.2) is 36.9 Å². The quantitative estimate of drug-likeness (QED) is 0.726. The maximum atomic E-state index is 12.8. The Labute approximate surface area is 189 Å². The van der Waals surface area contributed by atoms with Gasteiger partial charge in [0.05, 0.1) is 13.7 Å². The molecule has 7 heteroatoms. The summed E-state index contributed by atoms with van der Waals surface area (Å²) in [6.45, 7) is 9.09. The van der Waals surface area contributed by atoms with E-state index in [1.165, 1.54) is 12.0 Å². The highest BCUT2D eigenvalue weighted by Gasteiger charge is 2.50. The zero-order valence-electron chi connectivity index (χ0n) is 19.6. The van der Waals surface area contributed by atoms with Gasteiger partial charge in [0.2, 0.25) is 0 Å². The summed E-state index contributed by atoms with van der Waals surface area (Å²) in [7, 11) is 5.21. The van der Waals surface area contributed by atoms with Crippen LogP contribution in [0.4, 0.5) is 10.5 Å². The number of carbonyl (C=O) groups is 2. The van der Waals surface area contributed by atoms with Gasteiger partial charge in [-0.1, -0.05) is 24.8 Å². The van der Waals surface area contributed by atoms with E-state index in [2.05, 4.69) is 12.6 Å². The number of ether oxygens (including phenoxy) is 2. The molecule has 32 heavy (non-hydrogen) atoms. The maximum absolute atomic E-state index is 12.8. The van der Waals surface area contributed by atoms with Crippen molar-refractivity contribution in [2.45, 2.75) is 44.4 Å². The minimum absolute atomic E-state index is 0.0223. The zero-order valence-corrected chi connectivity index (χ0v) is 19.6. The van der Waals surface area contributed by atoms with Gasteiger partial charge in [0.1, 0.15) is 17.2 Å². The van der Waals surface area contributed by atoms with Crippen LogP contribution < -0.4 is 4.90 Å². The SMILES string of the molecule is C=Cc1cc2cc(C3(O)CC(C(=O)OC)N(C(=O)OC(C)(C)C)C3)ccc2cc1N(C)C. The van der Waals surface area contributed by atoms with E-state index in [9.17, 15) is 14.7 Å². The Kier molecular flexibility index (Phi) is 6.24. The molecule has 2 aromatic carbocycles. The van der Waals surface area contributed by atoms with Crippen molar-refractivity contribution in [2.24, 2.45) is 0 Å². The van der Waals surface area contributed by atoms with Gasteiger partial charge in [-0.2, -0.15) is 0 Å². The van der Waals surface area contributed by atoms with Crippen molar-refractivity contribution in [2.75, 3.05) is 32.6 Å². The third-order valence-electron chi connectivity index (χ3n) is 5.67. The van der Waals surface area contributed by atoms with Gasteiger partial charge in [0, 0.05) is 26.2 Å². The van der Waals surface area contributed by atoms with Crippen molar-refractivity contribution in [1.82, 2.24) is 4.90 Å². The van der Waals surface area contributed by atoms with Gasteiger partial charge in [-0.3, -0.25) is 4.90 Å². The van der Waals surface area contributed by atoms with Crippen LogP contribution in [0, 0.1) is 0 Å². The van der Waals surface area contributed by atoms with E-state index in [4.69, 9.17) is 9.47 Å². The fourth-order valence-electron chi connectivity index (χ4n) is 4.10. The second-order valence-electron chi connectivity index (χ2n) is 9.45. The lowest BCUT2D eigenvalue weighted by molar-refractivity contribution is -0.145. The average Bonchev–Trinajstić information content (AvgIpc) is 3.09. The van der Waals surface area contributed by atoms with Crippen molar-refractivity contribution in [3.05, 3.63) is 48.0 Å². The standard InChI is InChI=1S/C25H32N2O5/c1-8-16-11-18-12-19(10-9-17(18)13-20(16)26(5)6)25(30)14-21(22(28)31-7)27(15-25)23(29)32-24(2,3)4/h8-13,21,30H,1,14-15H2,2-7H3. The zero-order chi connectivity index (χ0) is 23.8. The smallest absolute Gasteiger partial charge is 0.411 e. The molecule has 1 saturated heterocycles. The van der Waals surface area contributed by atoms with Crippen molar-refractivity contribution >= 4 is 34.6 Å². The number of carbonyl (C=O) groups excluding carboxylic acids is 2. The third kappa shape index (κ3) is 4.58. The van der Waals surface area contributed by atoms with Gasteiger partial charge in [-0.15, -0.1) is 0 Å². The Morgan fingerprint density at radius 2 is 1.91 bits per heavy atom. The minimum atomic E-state index is -1.42. The highest BCUT2D eigenvalue weighted by molar-refractivity contribution is 5.91. The fourth-order valence-corrected chi connectivity index (χ4v) is 4.10. The average molecular weight is 441 g/mol. The van der Waals surface area contributed by atoms with Crippen LogP contribution in [-0.4, -0.2) is 61.5 Å². The normalized spacial score (nSPS) is 20.8. The lowest BCUT2D eigenvalue weighted by Crippen LogP contribution is -2.44. The number of esters is 1. The molecule has 1 aliphatic rings. The molecule has 3 rings (SSSR count). The Bertz CT molecular complexity index is 1060. The van der Waals surface area contributed by atoms with Gasteiger partial charge in [-0.05, 0) is 60.9 Å². The molecular formula is C25H32N2O5. The number of aliphatic hydroxyl groups is 1. The van der Waals surface area contributed by atoms with E-state index in [1.807, 2.05) is 43.3 Å². The molecule has 1 heterocycles. The first-order valence-electron chi connectivity index (χ1n) is 10.6. The number of β-amino-alcohol motifs (C(OH)–C–C–N with tert-alkyl or cyclic N) is 1. The van der Waals surface area contributed by atoms with E-state index in [0.29, 0.717) is 5.56 Å². The van der Waals surface area contributed by atoms with E-state index in [0.717, 1.165) is 22.0 Å². The largest absolute Gasteiger partial charge is 0.467 e. The number of fused-ring (bicyclic) bond motifs is 1. The predicted octanol–water partition coefficient (Wildman–Crippen LogP) is 3.92. The molecule has 0 saturated carbocycles. The number of amides is 1. The van der Waals surface area contributed by atoms with Crippen LogP contribution in [-0.2, 0) is 19.9 Å². The first kappa shape index (κ1) is 23.6. The molecule has 7 nitrogen and oxygen atoms in total. The summed E-state index contributed by atoms with van der Waals surface area (Å²) in [4.78, 5) is 28.5. The summed E-state index contributed by atoms with van der Waals surface area (Å²) in [5.74, 6) is -0.586. The summed E-state index contributed by atoms with van der Waals surface area (Å²) in [5.41, 5.74) is 0.491. The van der Waals surface area contributed by atoms with Gasteiger partial charge in [0.15, 0.2) is 0 Å². The lowest BCUT2D eigenvalue weighted by Gasteiger charge is -2.28. The topological polar surface area (TPSA) is 79.3 Å². The van der Waals surface area contributed by atoms with Crippen molar-refractivity contribution in [3.63, 3.8) is 0 Å². The second-order valence-corrected chi connectivity index (χ2v) is 9.45. The number of likely N-dealkylation sites (tertiary alicyclic amines) is 1. The van der Waals surface area contributed by atoms with Crippen molar-refractivity contribution in [3.8, 4) is 0 Å². The first-order chi connectivity index (χ1) is 14.9. The number of nitrogens with zero attached hydrogens (tertiary/aromatic N) is 2. The molecule has 0 bridgehead atoms. The Morgan fingerprint density at radius 3 is 2.47 bits per heavy atom. The fraction of sp³-hybridized carbons (Fsp3) is 0.440. The second kappa shape index (κ2) is 8.47. The number of rotatable bonds is 4. The summed E-state index contributed by atoms with van der Waals surface area (Å²) in [6, 6.07) is 8.82. The molecule has 0 spiro atoms. The van der Waals surface area contributed by atoms with Crippen molar-refractivity contribution in [1.29, 1.82) is 0 Å². The van der Waals surface area contributed by atoms with Crippen LogP contribution in [0.1, 0.15) is 38.3 Å². The first-order valence-corrected chi connectivity index (χ1v) is 10.6. The van der Waals surface area contributed by atoms with Crippen LogP contribution >= 0.6 is 0 Å². The van der Waals surface area contributed by atoms with E-state index < -0.39 is 29.3 Å². The number of hydrogen-bond donors (Lipinski definition) is 1. The van der Waals surface area contributed by atoms with Gasteiger partial charge in [0.25, 0.3) is 0 Å². The molecule has 0 radical (unpaired) electrons. The maximum Gasteiger partial charge on any atom is 0.411 e. The molecule has 1 fully saturated rings. The number of methoxy groups -OCH3 is 1. The highest BCUT2D eigenvalue weighted by Crippen LogP contribution is 2.39. The molecule has 0 aliphatic carbocycles. The molecule has 2 atom stereocenters. The number of hydrogen-bond acceptors (Lipinski definition) is 6. The summed E-state index contributed by atoms with van der Waals surface area (Å²) in [6.07, 6.45) is 1.16. The van der Waals surface area contributed by atoms with E-state index in [1.54, 1.807) is 26.8 Å². The van der Waals surface area contributed by atoms with Gasteiger partial charge in [-0.25, -0.2) is 9.59 Å². The Hall–Kier alpha value is -3.06. The molecule has 1 aliphatic heterocycles.